The van der Waals surface area contributed by atoms with Crippen molar-refractivity contribution in [2.75, 3.05) is 15.7 Å². The van der Waals surface area contributed by atoms with Crippen LogP contribution in [0.5, 0.6) is 0 Å². The highest BCUT2D eigenvalue weighted by molar-refractivity contribution is 7.92. The number of amides is 1. The van der Waals surface area contributed by atoms with Gasteiger partial charge in [-0.25, -0.2) is 8.42 Å². The highest BCUT2D eigenvalue weighted by Crippen LogP contribution is 2.33. The zero-order chi connectivity index (χ0) is 21.3. The van der Waals surface area contributed by atoms with Crippen molar-refractivity contribution in [2.24, 2.45) is 0 Å². The quantitative estimate of drug-likeness (QED) is 0.586. The molecule has 0 aliphatic carbocycles. The molecule has 30 heavy (non-hydrogen) atoms. The third-order valence-electron chi connectivity index (χ3n) is 5.18. The van der Waals surface area contributed by atoms with Crippen molar-refractivity contribution in [3.8, 4) is 0 Å². The molecule has 0 saturated carbocycles. The van der Waals surface area contributed by atoms with Crippen LogP contribution in [0.4, 0.5) is 11.4 Å². The lowest BCUT2D eigenvalue weighted by Gasteiger charge is -2.29. The molecule has 0 bridgehead atoms. The largest absolute Gasteiger partial charge is 0.307 e. The predicted octanol–water partition coefficient (Wildman–Crippen LogP) is 4.51. The van der Waals surface area contributed by atoms with Crippen LogP contribution >= 0.6 is 11.6 Å². The van der Waals surface area contributed by atoms with Gasteiger partial charge < -0.3 is 4.90 Å². The average Bonchev–Trinajstić information content (AvgIpc) is 3.08. The molecule has 0 saturated heterocycles. The topological polar surface area (TPSA) is 57.7 Å². The molecule has 4 rings (SSSR count). The first-order valence-corrected chi connectivity index (χ1v) is 11.4. The van der Waals surface area contributed by atoms with Crippen molar-refractivity contribution in [3.05, 3.63) is 89.4 Å². The lowest BCUT2D eigenvalue weighted by molar-refractivity contribution is -0.117. The molecule has 1 aliphatic rings. The molecule has 7 heteroatoms. The second kappa shape index (κ2) is 8.13. The SMILES string of the molecule is CC1Cc2ccccc2N1C(=O)CN(c1cccc(Cl)c1)S(=O)(=O)c1ccccc1. The van der Waals surface area contributed by atoms with Gasteiger partial charge in [0.15, 0.2) is 0 Å². The zero-order valence-electron chi connectivity index (χ0n) is 16.4. The molecule has 0 spiro atoms. The Morgan fingerprint density at radius 2 is 1.73 bits per heavy atom. The van der Waals surface area contributed by atoms with Crippen LogP contribution in [-0.4, -0.2) is 26.9 Å². The van der Waals surface area contributed by atoms with E-state index < -0.39 is 10.0 Å². The van der Waals surface area contributed by atoms with E-state index >= 15 is 0 Å². The van der Waals surface area contributed by atoms with Crippen LogP contribution in [0.3, 0.4) is 0 Å². The Bertz CT molecular complexity index is 1180. The lowest BCUT2D eigenvalue weighted by Crippen LogP contribution is -2.45. The highest BCUT2D eigenvalue weighted by atomic mass is 35.5. The first-order chi connectivity index (χ1) is 14.4. The van der Waals surface area contributed by atoms with Crippen LogP contribution < -0.4 is 9.21 Å². The van der Waals surface area contributed by atoms with Crippen molar-refractivity contribution in [1.82, 2.24) is 0 Å². The molecule has 3 aromatic carbocycles. The predicted molar refractivity (Wildman–Crippen MR) is 120 cm³/mol. The molecule has 0 fully saturated rings. The number of rotatable bonds is 5. The van der Waals surface area contributed by atoms with Crippen LogP contribution in [-0.2, 0) is 21.2 Å². The van der Waals surface area contributed by atoms with Gasteiger partial charge in [-0.15, -0.1) is 0 Å². The number of carbonyl (C=O) groups excluding carboxylic acids is 1. The van der Waals surface area contributed by atoms with Crippen molar-refractivity contribution in [3.63, 3.8) is 0 Å². The van der Waals surface area contributed by atoms with Crippen LogP contribution in [0.15, 0.2) is 83.8 Å². The Labute approximate surface area is 181 Å². The van der Waals surface area contributed by atoms with Crippen molar-refractivity contribution in [2.45, 2.75) is 24.3 Å². The van der Waals surface area contributed by atoms with Gasteiger partial charge in [0.2, 0.25) is 5.91 Å². The Morgan fingerprint density at radius 1 is 1.03 bits per heavy atom. The van der Waals surface area contributed by atoms with E-state index in [0.717, 1.165) is 22.0 Å². The third-order valence-corrected chi connectivity index (χ3v) is 7.21. The van der Waals surface area contributed by atoms with Crippen molar-refractivity contribution < 1.29 is 13.2 Å². The first kappa shape index (κ1) is 20.4. The minimum atomic E-state index is -3.96. The summed E-state index contributed by atoms with van der Waals surface area (Å²) in [5.41, 5.74) is 2.26. The minimum Gasteiger partial charge on any atom is -0.307 e. The van der Waals surface area contributed by atoms with Gasteiger partial charge in [0, 0.05) is 16.8 Å². The maximum Gasteiger partial charge on any atom is 0.264 e. The summed E-state index contributed by atoms with van der Waals surface area (Å²) in [7, 11) is -3.96. The number of fused-ring (bicyclic) bond motifs is 1. The van der Waals surface area contributed by atoms with E-state index in [1.807, 2.05) is 31.2 Å². The molecule has 1 amide bonds. The summed E-state index contributed by atoms with van der Waals surface area (Å²) in [6.07, 6.45) is 0.741. The van der Waals surface area contributed by atoms with E-state index in [9.17, 15) is 13.2 Å². The molecule has 0 radical (unpaired) electrons. The molecule has 1 atom stereocenters. The summed E-state index contributed by atoms with van der Waals surface area (Å²) in [4.78, 5) is 15.2. The van der Waals surface area contributed by atoms with Crippen LogP contribution in [0.2, 0.25) is 5.02 Å². The number of nitrogens with zero attached hydrogens (tertiary/aromatic N) is 2. The van der Waals surface area contributed by atoms with E-state index in [-0.39, 0.29) is 23.4 Å². The second-order valence-corrected chi connectivity index (χ2v) is 9.55. The average molecular weight is 441 g/mol. The van der Waals surface area contributed by atoms with Crippen LogP contribution in [0.1, 0.15) is 12.5 Å². The van der Waals surface area contributed by atoms with Gasteiger partial charge in [-0.1, -0.05) is 54.1 Å². The highest BCUT2D eigenvalue weighted by Gasteiger charge is 2.34. The van der Waals surface area contributed by atoms with E-state index in [1.165, 1.54) is 12.1 Å². The Balaban J connectivity index is 1.73. The van der Waals surface area contributed by atoms with E-state index in [2.05, 4.69) is 0 Å². The maximum absolute atomic E-state index is 13.4. The number of benzene rings is 3. The van der Waals surface area contributed by atoms with E-state index in [0.29, 0.717) is 10.7 Å². The summed E-state index contributed by atoms with van der Waals surface area (Å²) < 4.78 is 28.0. The van der Waals surface area contributed by atoms with E-state index in [1.54, 1.807) is 47.4 Å². The van der Waals surface area contributed by atoms with Gasteiger partial charge in [-0.2, -0.15) is 0 Å². The standard InChI is InChI=1S/C23H21ClN2O3S/c1-17-14-18-8-5-6-13-22(18)26(17)23(27)16-25(20-10-7-9-19(24)15-20)30(28,29)21-11-3-2-4-12-21/h2-13,15,17H,14,16H2,1H3. The lowest BCUT2D eigenvalue weighted by atomic mass is 10.1. The Hall–Kier alpha value is -2.83. The fourth-order valence-corrected chi connectivity index (χ4v) is 5.42. The number of anilines is 2. The summed E-state index contributed by atoms with van der Waals surface area (Å²) in [6, 6.07) is 22.3. The Morgan fingerprint density at radius 3 is 2.47 bits per heavy atom. The third kappa shape index (κ3) is 3.80. The molecule has 5 nitrogen and oxygen atoms in total. The van der Waals surface area contributed by atoms with Gasteiger partial charge in [0.25, 0.3) is 10.0 Å². The number of hydrogen-bond donors (Lipinski definition) is 0. The summed E-state index contributed by atoms with van der Waals surface area (Å²) >= 11 is 6.12. The first-order valence-electron chi connectivity index (χ1n) is 9.61. The molecule has 0 aromatic heterocycles. The van der Waals surface area contributed by atoms with Gasteiger partial charge in [-0.3, -0.25) is 9.10 Å². The molecular weight excluding hydrogens is 420 g/mol. The molecule has 1 heterocycles. The summed E-state index contributed by atoms with van der Waals surface area (Å²) in [5.74, 6) is -0.285. The summed E-state index contributed by atoms with van der Waals surface area (Å²) in [5, 5.41) is 0.396. The van der Waals surface area contributed by atoms with Gasteiger partial charge in [-0.05, 0) is 55.3 Å². The number of carbonyl (C=O) groups is 1. The van der Waals surface area contributed by atoms with Gasteiger partial charge in [0.1, 0.15) is 6.54 Å². The van der Waals surface area contributed by atoms with Gasteiger partial charge >= 0.3 is 0 Å². The molecule has 154 valence electrons. The molecule has 1 unspecified atom stereocenters. The van der Waals surface area contributed by atoms with E-state index in [4.69, 9.17) is 11.6 Å². The maximum atomic E-state index is 13.4. The summed E-state index contributed by atoms with van der Waals surface area (Å²) in [6.45, 7) is 1.64. The second-order valence-electron chi connectivity index (χ2n) is 7.25. The normalized spacial score (nSPS) is 15.7. The number of halogens is 1. The van der Waals surface area contributed by atoms with Crippen molar-refractivity contribution >= 4 is 38.9 Å². The monoisotopic (exact) mass is 440 g/mol. The molecule has 1 aliphatic heterocycles. The molecule has 0 N–H and O–H groups in total. The molecular formula is C23H21ClN2O3S. The smallest absolute Gasteiger partial charge is 0.264 e. The number of sulfonamides is 1. The fraction of sp³-hybridized carbons (Fsp3) is 0.174. The number of hydrogen-bond acceptors (Lipinski definition) is 3. The van der Waals surface area contributed by atoms with Crippen LogP contribution in [0, 0.1) is 0 Å². The Kier molecular flexibility index (Phi) is 5.54. The number of para-hydroxylation sites is 1. The van der Waals surface area contributed by atoms with Crippen molar-refractivity contribution in [1.29, 1.82) is 0 Å². The molecule has 3 aromatic rings. The van der Waals surface area contributed by atoms with Gasteiger partial charge in [0.05, 0.1) is 10.6 Å². The minimum absolute atomic E-state index is 0.0458. The fourth-order valence-electron chi connectivity index (χ4n) is 3.81. The zero-order valence-corrected chi connectivity index (χ0v) is 18.0. The van der Waals surface area contributed by atoms with Crippen LogP contribution in [0.25, 0.3) is 0 Å².